The number of carbonyl (C=O) groups is 1. The topological polar surface area (TPSA) is 41.5 Å². The minimum atomic E-state index is -0.396. The van der Waals surface area contributed by atoms with Gasteiger partial charge in [0.25, 0.3) is 5.91 Å². The maximum atomic E-state index is 13.6. The number of hydrogen-bond donors (Lipinski definition) is 1. The fourth-order valence-electron chi connectivity index (χ4n) is 1.85. The lowest BCUT2D eigenvalue weighted by atomic mass is 10.2. The number of benzene rings is 2. The van der Waals surface area contributed by atoms with Crippen LogP contribution in [0.4, 0.5) is 14.5 Å². The van der Waals surface area contributed by atoms with Crippen molar-refractivity contribution < 1.29 is 13.6 Å². The first kappa shape index (κ1) is 14.5. The first-order valence-electron chi connectivity index (χ1n) is 6.41. The van der Waals surface area contributed by atoms with Gasteiger partial charge < -0.3 is 5.32 Å². The minimum absolute atomic E-state index is 0.336. The minimum Gasteiger partial charge on any atom is -0.300 e. The van der Waals surface area contributed by atoms with Gasteiger partial charge in [0, 0.05) is 5.56 Å². The third-order valence-electron chi connectivity index (χ3n) is 2.90. The summed E-state index contributed by atoms with van der Waals surface area (Å²) in [6.07, 6.45) is 1.47. The van der Waals surface area contributed by atoms with Crippen molar-refractivity contribution in [1.29, 1.82) is 0 Å². The smallest absolute Gasteiger partial charge is 0.264 e. The number of thioether (sulfide) groups is 1. The summed E-state index contributed by atoms with van der Waals surface area (Å²) in [6, 6.07) is 11.8. The Hall–Kier alpha value is -2.47. The van der Waals surface area contributed by atoms with Gasteiger partial charge in [-0.05, 0) is 48.2 Å². The van der Waals surface area contributed by atoms with Gasteiger partial charge in [0.1, 0.15) is 11.6 Å². The highest BCUT2D eigenvalue weighted by Crippen LogP contribution is 2.28. The zero-order valence-electron chi connectivity index (χ0n) is 11.2. The average molecular weight is 316 g/mol. The number of amidine groups is 1. The van der Waals surface area contributed by atoms with Crippen molar-refractivity contribution in [1.82, 2.24) is 5.32 Å². The van der Waals surface area contributed by atoms with Gasteiger partial charge in [0.2, 0.25) is 0 Å². The van der Waals surface area contributed by atoms with Gasteiger partial charge in [-0.25, -0.2) is 13.8 Å². The fraction of sp³-hybridized carbons (Fsp3) is 0. The number of rotatable bonds is 2. The maximum Gasteiger partial charge on any atom is 0.264 e. The molecular weight excluding hydrogens is 306 g/mol. The molecule has 1 fully saturated rings. The van der Waals surface area contributed by atoms with E-state index in [4.69, 9.17) is 0 Å². The summed E-state index contributed by atoms with van der Waals surface area (Å²) in [7, 11) is 0. The lowest BCUT2D eigenvalue weighted by molar-refractivity contribution is -0.115. The second-order valence-electron chi connectivity index (χ2n) is 4.48. The Kier molecular flexibility index (Phi) is 4.02. The Balaban J connectivity index is 1.84. The number of aliphatic imine (C=N–C) groups is 1. The summed E-state index contributed by atoms with van der Waals surface area (Å²) >= 11 is 1.11. The molecule has 1 saturated heterocycles. The lowest BCUT2D eigenvalue weighted by Gasteiger charge is -1.96. The number of nitrogens with zero attached hydrogens (tertiary/aromatic N) is 1. The van der Waals surface area contributed by atoms with Crippen molar-refractivity contribution in [2.45, 2.75) is 0 Å². The fourth-order valence-corrected chi connectivity index (χ4v) is 2.68. The predicted octanol–water partition coefficient (Wildman–Crippen LogP) is 3.86. The van der Waals surface area contributed by atoms with Gasteiger partial charge in [-0.15, -0.1) is 0 Å². The zero-order chi connectivity index (χ0) is 15.5. The van der Waals surface area contributed by atoms with Crippen molar-refractivity contribution in [3.8, 4) is 0 Å². The van der Waals surface area contributed by atoms with Crippen LogP contribution >= 0.6 is 11.8 Å². The Bertz CT molecular complexity index is 785. The molecule has 6 heteroatoms. The molecule has 0 unspecified atom stereocenters. The highest BCUT2D eigenvalue weighted by molar-refractivity contribution is 8.18. The van der Waals surface area contributed by atoms with Crippen molar-refractivity contribution in [3.63, 3.8) is 0 Å². The van der Waals surface area contributed by atoms with E-state index in [2.05, 4.69) is 10.3 Å². The summed E-state index contributed by atoms with van der Waals surface area (Å²) in [5.41, 5.74) is 0.861. The number of amides is 1. The molecule has 110 valence electrons. The molecule has 1 N–H and O–H groups in total. The molecule has 1 aliphatic heterocycles. The van der Waals surface area contributed by atoms with Crippen LogP contribution in [0.2, 0.25) is 0 Å². The summed E-state index contributed by atoms with van der Waals surface area (Å²) < 4.78 is 26.4. The van der Waals surface area contributed by atoms with E-state index in [9.17, 15) is 13.6 Å². The SMILES string of the molecule is O=C1NC(=Nc2ccc(F)cc2)S/C1=C/c1ccccc1F. The van der Waals surface area contributed by atoms with E-state index in [1.54, 1.807) is 18.2 Å². The maximum absolute atomic E-state index is 13.6. The van der Waals surface area contributed by atoms with Crippen molar-refractivity contribution >= 4 is 34.6 Å². The molecule has 3 rings (SSSR count). The van der Waals surface area contributed by atoms with E-state index in [0.717, 1.165) is 11.8 Å². The van der Waals surface area contributed by atoms with Crippen LogP contribution in [0.25, 0.3) is 6.08 Å². The number of carbonyl (C=O) groups excluding carboxylic acids is 1. The number of nitrogens with one attached hydrogen (secondary N) is 1. The lowest BCUT2D eigenvalue weighted by Crippen LogP contribution is -2.19. The Morgan fingerprint density at radius 3 is 2.50 bits per heavy atom. The standard InChI is InChI=1S/C16H10F2N2OS/c17-11-5-7-12(8-6-11)19-16-20-15(21)14(22-16)9-10-3-1-2-4-13(10)18/h1-9H,(H,19,20,21)/b14-9+. The van der Waals surface area contributed by atoms with Crippen molar-refractivity contribution in [2.24, 2.45) is 4.99 Å². The van der Waals surface area contributed by atoms with Gasteiger partial charge in [-0.2, -0.15) is 0 Å². The van der Waals surface area contributed by atoms with Crippen LogP contribution in [0, 0.1) is 11.6 Å². The molecule has 0 bridgehead atoms. The van der Waals surface area contributed by atoms with E-state index in [1.165, 1.54) is 36.4 Å². The molecule has 0 spiro atoms. The highest BCUT2D eigenvalue weighted by Gasteiger charge is 2.24. The van der Waals surface area contributed by atoms with Crippen LogP contribution in [0.5, 0.6) is 0 Å². The molecule has 1 aliphatic rings. The van der Waals surface area contributed by atoms with E-state index in [0.29, 0.717) is 21.3 Å². The number of hydrogen-bond acceptors (Lipinski definition) is 3. The number of halogens is 2. The van der Waals surface area contributed by atoms with Crippen LogP contribution in [0.1, 0.15) is 5.56 Å². The average Bonchev–Trinajstić information content (AvgIpc) is 2.84. The Morgan fingerprint density at radius 1 is 1.05 bits per heavy atom. The molecule has 1 amide bonds. The molecule has 0 radical (unpaired) electrons. The molecule has 0 aliphatic carbocycles. The normalized spacial score (nSPS) is 18.0. The molecule has 1 heterocycles. The van der Waals surface area contributed by atoms with Crippen LogP contribution in [0.15, 0.2) is 58.4 Å². The second kappa shape index (κ2) is 6.11. The summed E-state index contributed by atoms with van der Waals surface area (Å²) in [5.74, 6) is -1.09. The van der Waals surface area contributed by atoms with Gasteiger partial charge >= 0.3 is 0 Å². The van der Waals surface area contributed by atoms with E-state index in [1.807, 2.05) is 0 Å². The van der Waals surface area contributed by atoms with Gasteiger partial charge in [0.05, 0.1) is 10.6 Å². The summed E-state index contributed by atoms with van der Waals surface area (Å²) in [6.45, 7) is 0. The molecule has 2 aromatic carbocycles. The van der Waals surface area contributed by atoms with Crippen LogP contribution in [0.3, 0.4) is 0 Å². The van der Waals surface area contributed by atoms with Crippen LogP contribution in [-0.2, 0) is 4.79 Å². The first-order valence-corrected chi connectivity index (χ1v) is 7.23. The van der Waals surface area contributed by atoms with Crippen LogP contribution in [-0.4, -0.2) is 11.1 Å². The third kappa shape index (κ3) is 3.23. The molecule has 2 aromatic rings. The monoisotopic (exact) mass is 316 g/mol. The van der Waals surface area contributed by atoms with Crippen molar-refractivity contribution in [3.05, 3.63) is 70.6 Å². The highest BCUT2D eigenvalue weighted by atomic mass is 32.2. The zero-order valence-corrected chi connectivity index (χ0v) is 12.0. The first-order chi connectivity index (χ1) is 10.6. The third-order valence-corrected chi connectivity index (χ3v) is 3.81. The second-order valence-corrected chi connectivity index (χ2v) is 5.51. The van der Waals surface area contributed by atoms with Crippen LogP contribution < -0.4 is 5.32 Å². The van der Waals surface area contributed by atoms with Gasteiger partial charge in [-0.3, -0.25) is 4.79 Å². The van der Waals surface area contributed by atoms with Gasteiger partial charge in [-0.1, -0.05) is 18.2 Å². The van der Waals surface area contributed by atoms with Crippen molar-refractivity contribution in [2.75, 3.05) is 0 Å². The van der Waals surface area contributed by atoms with E-state index < -0.39 is 5.82 Å². The molecule has 3 nitrogen and oxygen atoms in total. The summed E-state index contributed by atoms with van der Waals surface area (Å²) in [4.78, 5) is 16.4. The van der Waals surface area contributed by atoms with Gasteiger partial charge in [0.15, 0.2) is 5.17 Å². The Labute approximate surface area is 129 Å². The van der Waals surface area contributed by atoms with E-state index >= 15 is 0 Å². The molecule has 0 aromatic heterocycles. The summed E-state index contributed by atoms with van der Waals surface area (Å²) in [5, 5.41) is 2.97. The molecule has 22 heavy (non-hydrogen) atoms. The molecule has 0 saturated carbocycles. The van der Waals surface area contributed by atoms with E-state index in [-0.39, 0.29) is 11.7 Å². The molecule has 0 atom stereocenters. The molecular formula is C16H10F2N2OS. The predicted molar refractivity (Wildman–Crippen MR) is 83.6 cm³/mol. The quantitative estimate of drug-likeness (QED) is 0.855. The Morgan fingerprint density at radius 2 is 1.77 bits per heavy atom. The largest absolute Gasteiger partial charge is 0.300 e.